The van der Waals surface area contributed by atoms with E-state index in [1.807, 2.05) is 13.0 Å². The van der Waals surface area contributed by atoms with Gasteiger partial charge in [-0.25, -0.2) is 4.98 Å². The van der Waals surface area contributed by atoms with Gasteiger partial charge in [-0.05, 0) is 31.0 Å². The molecule has 0 saturated carbocycles. The van der Waals surface area contributed by atoms with Crippen LogP contribution in [0, 0.1) is 13.8 Å². The normalized spacial score (nSPS) is 10.8. The van der Waals surface area contributed by atoms with Gasteiger partial charge in [0.05, 0.1) is 10.2 Å². The molecule has 90 valence electrons. The Labute approximate surface area is 104 Å². The van der Waals surface area contributed by atoms with E-state index in [2.05, 4.69) is 18.0 Å². The van der Waals surface area contributed by atoms with Crippen molar-refractivity contribution in [1.82, 2.24) is 4.98 Å². The molecule has 0 radical (unpaired) electrons. The second-order valence-electron chi connectivity index (χ2n) is 4.10. The second kappa shape index (κ2) is 4.33. The summed E-state index contributed by atoms with van der Waals surface area (Å²) >= 11 is 1.52. The molecule has 2 aromatic rings. The van der Waals surface area contributed by atoms with Crippen LogP contribution in [-0.2, 0) is 4.79 Å². The van der Waals surface area contributed by atoms with Gasteiger partial charge in [-0.2, -0.15) is 0 Å². The van der Waals surface area contributed by atoms with E-state index in [1.54, 1.807) is 11.9 Å². The average molecular weight is 250 g/mol. The van der Waals surface area contributed by atoms with Crippen molar-refractivity contribution in [2.75, 3.05) is 18.5 Å². The number of fused-ring (bicyclic) bond motifs is 1. The number of aliphatic carboxylic acids is 1. The van der Waals surface area contributed by atoms with Crippen molar-refractivity contribution in [2.24, 2.45) is 0 Å². The number of carboxylic acid groups (broad SMARTS) is 1. The lowest BCUT2D eigenvalue weighted by molar-refractivity contribution is -0.135. The highest BCUT2D eigenvalue weighted by Gasteiger charge is 2.12. The zero-order valence-corrected chi connectivity index (χ0v) is 10.8. The van der Waals surface area contributed by atoms with Crippen LogP contribution in [0.4, 0.5) is 5.13 Å². The van der Waals surface area contributed by atoms with Gasteiger partial charge in [0.2, 0.25) is 0 Å². The molecule has 0 unspecified atom stereocenters. The van der Waals surface area contributed by atoms with Gasteiger partial charge >= 0.3 is 5.97 Å². The summed E-state index contributed by atoms with van der Waals surface area (Å²) in [5.74, 6) is -0.848. The maximum Gasteiger partial charge on any atom is 0.323 e. The molecule has 1 aromatic carbocycles. The Hall–Kier alpha value is -1.62. The average Bonchev–Trinajstić information content (AvgIpc) is 2.67. The van der Waals surface area contributed by atoms with Crippen LogP contribution < -0.4 is 4.90 Å². The van der Waals surface area contributed by atoms with Gasteiger partial charge in [0.15, 0.2) is 5.13 Å². The number of benzene rings is 1. The quantitative estimate of drug-likeness (QED) is 0.909. The third kappa shape index (κ3) is 2.24. The van der Waals surface area contributed by atoms with Crippen LogP contribution in [0.1, 0.15) is 11.1 Å². The van der Waals surface area contributed by atoms with E-state index >= 15 is 0 Å². The Kier molecular flexibility index (Phi) is 3.02. The summed E-state index contributed by atoms with van der Waals surface area (Å²) in [6, 6.07) is 4.10. The van der Waals surface area contributed by atoms with E-state index in [1.165, 1.54) is 16.9 Å². The lowest BCUT2D eigenvalue weighted by atomic mass is 10.1. The Morgan fingerprint density at radius 3 is 2.82 bits per heavy atom. The number of carboxylic acids is 1. The Morgan fingerprint density at radius 2 is 2.18 bits per heavy atom. The van der Waals surface area contributed by atoms with Crippen LogP contribution in [0.25, 0.3) is 10.2 Å². The van der Waals surface area contributed by atoms with Crippen molar-refractivity contribution >= 4 is 32.7 Å². The van der Waals surface area contributed by atoms with Crippen LogP contribution >= 0.6 is 11.3 Å². The molecule has 0 fully saturated rings. The fraction of sp³-hybridized carbons (Fsp3) is 0.333. The maximum atomic E-state index is 10.7. The molecule has 0 atom stereocenters. The summed E-state index contributed by atoms with van der Waals surface area (Å²) in [6.45, 7) is 4.06. The summed E-state index contributed by atoms with van der Waals surface area (Å²) in [5.41, 5.74) is 3.34. The van der Waals surface area contributed by atoms with Crippen LogP contribution in [0.3, 0.4) is 0 Å². The largest absolute Gasteiger partial charge is 0.480 e. The van der Waals surface area contributed by atoms with Crippen LogP contribution in [0.5, 0.6) is 0 Å². The highest BCUT2D eigenvalue weighted by Crippen LogP contribution is 2.31. The number of hydrogen-bond donors (Lipinski definition) is 1. The number of hydrogen-bond acceptors (Lipinski definition) is 4. The fourth-order valence-electron chi connectivity index (χ4n) is 1.65. The predicted octanol–water partition coefficient (Wildman–Crippen LogP) is 2.43. The number of carbonyl (C=O) groups is 1. The lowest BCUT2D eigenvalue weighted by Gasteiger charge is -2.11. The molecular formula is C12H14N2O2S. The summed E-state index contributed by atoms with van der Waals surface area (Å²) < 4.78 is 1.10. The monoisotopic (exact) mass is 250 g/mol. The summed E-state index contributed by atoms with van der Waals surface area (Å²) in [7, 11) is 1.74. The number of aromatic nitrogens is 1. The fourth-order valence-corrected chi connectivity index (χ4v) is 2.63. The smallest absolute Gasteiger partial charge is 0.323 e. The zero-order chi connectivity index (χ0) is 12.6. The predicted molar refractivity (Wildman–Crippen MR) is 70.0 cm³/mol. The van der Waals surface area contributed by atoms with Crippen molar-refractivity contribution in [3.05, 3.63) is 23.3 Å². The molecule has 1 aromatic heterocycles. The first kappa shape index (κ1) is 11.9. The number of thiazole rings is 1. The van der Waals surface area contributed by atoms with E-state index < -0.39 is 5.97 Å². The van der Waals surface area contributed by atoms with Crippen LogP contribution in [0.2, 0.25) is 0 Å². The maximum absolute atomic E-state index is 10.7. The van der Waals surface area contributed by atoms with Crippen molar-refractivity contribution < 1.29 is 9.90 Å². The highest BCUT2D eigenvalue weighted by atomic mass is 32.1. The van der Waals surface area contributed by atoms with Crippen molar-refractivity contribution in [3.8, 4) is 0 Å². The molecule has 1 heterocycles. The molecule has 17 heavy (non-hydrogen) atoms. The molecule has 1 N–H and O–H groups in total. The minimum Gasteiger partial charge on any atom is -0.480 e. The van der Waals surface area contributed by atoms with Gasteiger partial charge in [-0.1, -0.05) is 17.4 Å². The van der Waals surface area contributed by atoms with E-state index in [-0.39, 0.29) is 6.54 Å². The third-order valence-electron chi connectivity index (χ3n) is 2.77. The molecular weight excluding hydrogens is 236 g/mol. The van der Waals surface area contributed by atoms with Gasteiger partial charge in [0.25, 0.3) is 0 Å². The minimum absolute atomic E-state index is 0.0299. The molecule has 4 nitrogen and oxygen atoms in total. The topological polar surface area (TPSA) is 53.4 Å². The van der Waals surface area contributed by atoms with Gasteiger partial charge < -0.3 is 10.0 Å². The van der Waals surface area contributed by atoms with Crippen molar-refractivity contribution in [2.45, 2.75) is 13.8 Å². The Balaban J connectivity index is 2.44. The molecule has 5 heteroatoms. The van der Waals surface area contributed by atoms with Gasteiger partial charge in [-0.3, -0.25) is 4.79 Å². The Bertz CT molecular complexity index is 577. The molecule has 0 bridgehead atoms. The first-order valence-electron chi connectivity index (χ1n) is 5.28. The molecule has 0 aliphatic heterocycles. The molecule has 2 rings (SSSR count). The minimum atomic E-state index is -0.848. The molecule has 0 amide bonds. The van der Waals surface area contributed by atoms with Crippen LogP contribution in [-0.4, -0.2) is 29.7 Å². The lowest BCUT2D eigenvalue weighted by Crippen LogP contribution is -2.24. The second-order valence-corrected chi connectivity index (χ2v) is 5.11. The number of likely N-dealkylation sites (N-methyl/N-ethyl adjacent to an activating group) is 1. The molecule has 0 aliphatic carbocycles. The number of aryl methyl sites for hydroxylation is 2. The van der Waals surface area contributed by atoms with Gasteiger partial charge in [-0.15, -0.1) is 0 Å². The van der Waals surface area contributed by atoms with E-state index in [9.17, 15) is 4.79 Å². The standard InChI is InChI=1S/C12H14N2O2S/c1-7-4-5-9-11(8(7)2)13-12(17-9)14(3)6-10(15)16/h4-5H,6H2,1-3H3,(H,15,16). The molecule has 0 spiro atoms. The first-order valence-corrected chi connectivity index (χ1v) is 6.10. The first-order chi connectivity index (χ1) is 7.99. The summed E-state index contributed by atoms with van der Waals surface area (Å²) in [4.78, 5) is 16.8. The van der Waals surface area contributed by atoms with Crippen molar-refractivity contribution in [3.63, 3.8) is 0 Å². The number of anilines is 1. The Morgan fingerprint density at radius 1 is 1.47 bits per heavy atom. The van der Waals surface area contributed by atoms with Gasteiger partial charge in [0, 0.05) is 7.05 Å². The molecule has 0 saturated heterocycles. The summed E-state index contributed by atoms with van der Waals surface area (Å²) in [5, 5.41) is 9.50. The number of rotatable bonds is 3. The summed E-state index contributed by atoms with van der Waals surface area (Å²) in [6.07, 6.45) is 0. The molecule has 0 aliphatic rings. The van der Waals surface area contributed by atoms with Crippen LogP contribution in [0.15, 0.2) is 12.1 Å². The third-order valence-corrected chi connectivity index (χ3v) is 3.91. The van der Waals surface area contributed by atoms with E-state index in [0.717, 1.165) is 20.9 Å². The number of nitrogens with zero attached hydrogens (tertiary/aromatic N) is 2. The SMILES string of the molecule is Cc1ccc2sc(N(C)CC(=O)O)nc2c1C. The highest BCUT2D eigenvalue weighted by molar-refractivity contribution is 7.22. The zero-order valence-electron chi connectivity index (χ0n) is 10.0. The van der Waals surface area contributed by atoms with E-state index in [4.69, 9.17) is 5.11 Å². The van der Waals surface area contributed by atoms with E-state index in [0.29, 0.717) is 0 Å². The van der Waals surface area contributed by atoms with Gasteiger partial charge in [0.1, 0.15) is 6.54 Å². The van der Waals surface area contributed by atoms with Crippen molar-refractivity contribution in [1.29, 1.82) is 0 Å².